The van der Waals surface area contributed by atoms with Crippen molar-refractivity contribution >= 4 is 41.0 Å². The van der Waals surface area contributed by atoms with E-state index in [9.17, 15) is 4.79 Å². The predicted octanol–water partition coefficient (Wildman–Crippen LogP) is 3.40. The van der Waals surface area contributed by atoms with Crippen LogP contribution in [-0.2, 0) is 0 Å². The number of nitrogens with zero attached hydrogens (tertiary/aromatic N) is 3. The van der Waals surface area contributed by atoms with Gasteiger partial charge in [-0.1, -0.05) is 35.6 Å². The molecule has 3 aromatic rings. The summed E-state index contributed by atoms with van der Waals surface area (Å²) in [5.74, 6) is -0.0977. The fraction of sp³-hybridized carbons (Fsp3) is 0.0588. The standard InChI is InChI=1S/C17H15N5OS2/c1-11(12-6-5-9-19-10-12)20-21-16(23)14-15(18)22(17(24)25-14)13-7-3-2-4-8-13/h2-10H,18H2,1H3,(H,21,23)/b20-11+. The minimum absolute atomic E-state index is 0.299. The molecule has 126 valence electrons. The number of thiazole rings is 1. The Morgan fingerprint density at radius 3 is 2.72 bits per heavy atom. The fourth-order valence-electron chi connectivity index (χ4n) is 2.20. The summed E-state index contributed by atoms with van der Waals surface area (Å²) in [5, 5.41) is 4.11. The first-order valence-corrected chi connectivity index (χ1v) is 8.62. The van der Waals surface area contributed by atoms with E-state index in [1.807, 2.05) is 36.4 Å². The van der Waals surface area contributed by atoms with E-state index in [0.29, 0.717) is 20.4 Å². The third-order valence-electron chi connectivity index (χ3n) is 3.47. The van der Waals surface area contributed by atoms with E-state index >= 15 is 0 Å². The molecule has 0 saturated heterocycles. The van der Waals surface area contributed by atoms with Crippen LogP contribution in [-0.4, -0.2) is 21.2 Å². The molecule has 2 heterocycles. The van der Waals surface area contributed by atoms with Crippen molar-refractivity contribution in [1.29, 1.82) is 0 Å². The van der Waals surface area contributed by atoms with Crippen LogP contribution < -0.4 is 11.2 Å². The molecule has 0 unspecified atom stereocenters. The van der Waals surface area contributed by atoms with E-state index < -0.39 is 5.91 Å². The minimum atomic E-state index is -0.397. The van der Waals surface area contributed by atoms with Gasteiger partial charge in [0.15, 0.2) is 3.95 Å². The van der Waals surface area contributed by atoms with Crippen LogP contribution in [0.25, 0.3) is 5.69 Å². The van der Waals surface area contributed by atoms with Crippen molar-refractivity contribution in [2.24, 2.45) is 5.10 Å². The fourth-order valence-corrected chi connectivity index (χ4v) is 3.45. The van der Waals surface area contributed by atoms with Gasteiger partial charge < -0.3 is 5.73 Å². The third kappa shape index (κ3) is 3.65. The van der Waals surface area contributed by atoms with E-state index in [1.54, 1.807) is 30.0 Å². The minimum Gasteiger partial charge on any atom is -0.383 e. The van der Waals surface area contributed by atoms with E-state index in [0.717, 1.165) is 22.6 Å². The highest BCUT2D eigenvalue weighted by Crippen LogP contribution is 2.26. The van der Waals surface area contributed by atoms with Crippen LogP contribution in [0.1, 0.15) is 22.2 Å². The number of hydrazone groups is 1. The van der Waals surface area contributed by atoms with Crippen LogP contribution in [0, 0.1) is 3.95 Å². The Kier molecular flexibility index (Phi) is 5.01. The number of nitrogen functional groups attached to an aromatic ring is 1. The van der Waals surface area contributed by atoms with Crippen molar-refractivity contribution in [3.8, 4) is 5.69 Å². The number of carbonyl (C=O) groups excluding carboxylic acids is 1. The third-order valence-corrected chi connectivity index (χ3v) is 4.86. The summed E-state index contributed by atoms with van der Waals surface area (Å²) in [5.41, 5.74) is 10.9. The molecule has 1 aromatic carbocycles. The molecule has 1 amide bonds. The number of nitrogens with one attached hydrogen (secondary N) is 1. The van der Waals surface area contributed by atoms with Gasteiger partial charge in [0.25, 0.3) is 5.91 Å². The molecule has 25 heavy (non-hydrogen) atoms. The highest BCUT2D eigenvalue weighted by Gasteiger charge is 2.17. The number of para-hydroxylation sites is 1. The van der Waals surface area contributed by atoms with Crippen molar-refractivity contribution in [3.63, 3.8) is 0 Å². The number of nitrogens with two attached hydrogens (primary N) is 1. The van der Waals surface area contributed by atoms with Crippen molar-refractivity contribution < 1.29 is 4.79 Å². The zero-order chi connectivity index (χ0) is 17.8. The number of hydrogen-bond acceptors (Lipinski definition) is 6. The first-order chi connectivity index (χ1) is 12.1. The number of benzene rings is 1. The summed E-state index contributed by atoms with van der Waals surface area (Å²) in [4.78, 5) is 16.8. The molecular weight excluding hydrogens is 354 g/mol. The first-order valence-electron chi connectivity index (χ1n) is 7.39. The lowest BCUT2D eigenvalue weighted by molar-refractivity contribution is 0.0959. The molecular formula is C17H15N5OS2. The summed E-state index contributed by atoms with van der Waals surface area (Å²) in [6.45, 7) is 1.79. The van der Waals surface area contributed by atoms with Gasteiger partial charge in [-0.2, -0.15) is 5.10 Å². The van der Waals surface area contributed by atoms with E-state index in [4.69, 9.17) is 18.0 Å². The maximum absolute atomic E-state index is 12.4. The Labute approximate surface area is 153 Å². The second kappa shape index (κ2) is 7.37. The van der Waals surface area contributed by atoms with E-state index in [2.05, 4.69) is 15.5 Å². The molecule has 0 spiro atoms. The van der Waals surface area contributed by atoms with Crippen LogP contribution in [0.3, 0.4) is 0 Å². The van der Waals surface area contributed by atoms with Gasteiger partial charge >= 0.3 is 0 Å². The van der Waals surface area contributed by atoms with Crippen molar-refractivity contribution in [1.82, 2.24) is 15.0 Å². The predicted molar refractivity (Wildman–Crippen MR) is 103 cm³/mol. The van der Waals surface area contributed by atoms with Crippen LogP contribution in [0.4, 0.5) is 5.82 Å². The zero-order valence-electron chi connectivity index (χ0n) is 13.3. The van der Waals surface area contributed by atoms with Crippen LogP contribution in [0.5, 0.6) is 0 Å². The Balaban J connectivity index is 1.86. The Bertz CT molecular complexity index is 977. The van der Waals surface area contributed by atoms with Gasteiger partial charge in [-0.3, -0.25) is 14.3 Å². The quantitative estimate of drug-likeness (QED) is 0.419. The molecule has 0 aliphatic rings. The molecule has 0 radical (unpaired) electrons. The van der Waals surface area contributed by atoms with E-state index in [1.165, 1.54) is 0 Å². The smallest absolute Gasteiger partial charge is 0.285 e. The largest absolute Gasteiger partial charge is 0.383 e. The van der Waals surface area contributed by atoms with E-state index in [-0.39, 0.29) is 0 Å². The molecule has 0 aliphatic heterocycles. The molecule has 8 heteroatoms. The molecule has 0 atom stereocenters. The molecule has 0 bridgehead atoms. The topological polar surface area (TPSA) is 85.3 Å². The highest BCUT2D eigenvalue weighted by molar-refractivity contribution is 7.73. The maximum Gasteiger partial charge on any atom is 0.285 e. The summed E-state index contributed by atoms with van der Waals surface area (Å²) in [6.07, 6.45) is 3.35. The van der Waals surface area contributed by atoms with Gasteiger partial charge in [0.1, 0.15) is 10.7 Å². The molecule has 2 aromatic heterocycles. The Morgan fingerprint density at radius 2 is 2.04 bits per heavy atom. The molecule has 6 nitrogen and oxygen atoms in total. The normalized spacial score (nSPS) is 11.3. The zero-order valence-corrected chi connectivity index (χ0v) is 15.0. The highest BCUT2D eigenvalue weighted by atomic mass is 32.1. The summed E-state index contributed by atoms with van der Waals surface area (Å²) < 4.78 is 2.17. The van der Waals surface area contributed by atoms with Gasteiger partial charge in [0.2, 0.25) is 0 Å². The number of amides is 1. The number of carbonyl (C=O) groups is 1. The molecule has 3 N–H and O–H groups in total. The monoisotopic (exact) mass is 369 g/mol. The van der Waals surface area contributed by atoms with Gasteiger partial charge in [0.05, 0.1) is 5.71 Å². The van der Waals surface area contributed by atoms with Gasteiger partial charge in [-0.25, -0.2) is 5.43 Å². The number of hydrogen-bond donors (Lipinski definition) is 2. The average Bonchev–Trinajstić information content (AvgIpc) is 2.95. The van der Waals surface area contributed by atoms with Crippen LogP contribution >= 0.6 is 23.6 Å². The SMILES string of the molecule is C/C(=N\NC(=O)c1sc(=S)n(-c2ccccc2)c1N)c1cccnc1. The molecule has 0 aliphatic carbocycles. The first kappa shape index (κ1) is 17.0. The van der Waals surface area contributed by atoms with Crippen LogP contribution in [0.2, 0.25) is 0 Å². The Morgan fingerprint density at radius 1 is 1.28 bits per heavy atom. The molecule has 0 saturated carbocycles. The lowest BCUT2D eigenvalue weighted by atomic mass is 10.2. The molecule has 3 rings (SSSR count). The van der Waals surface area contributed by atoms with Crippen LogP contribution in [0.15, 0.2) is 60.0 Å². The van der Waals surface area contributed by atoms with Gasteiger partial charge in [0, 0.05) is 23.6 Å². The number of pyridine rings is 1. The average molecular weight is 369 g/mol. The van der Waals surface area contributed by atoms with Gasteiger partial charge in [-0.15, -0.1) is 0 Å². The lowest BCUT2D eigenvalue weighted by Crippen LogP contribution is -2.20. The maximum atomic E-state index is 12.4. The Hall–Kier alpha value is -2.84. The summed E-state index contributed by atoms with van der Waals surface area (Å²) in [6, 6.07) is 13.1. The second-order valence-corrected chi connectivity index (χ2v) is 6.78. The number of anilines is 1. The van der Waals surface area contributed by atoms with Gasteiger partial charge in [-0.05, 0) is 37.3 Å². The lowest BCUT2D eigenvalue weighted by Gasteiger charge is -2.06. The van der Waals surface area contributed by atoms with Crippen molar-refractivity contribution in [2.45, 2.75) is 6.92 Å². The summed E-state index contributed by atoms with van der Waals surface area (Å²) in [7, 11) is 0. The van der Waals surface area contributed by atoms with Crippen molar-refractivity contribution in [3.05, 3.63) is 69.3 Å². The molecule has 0 fully saturated rings. The van der Waals surface area contributed by atoms with Crippen molar-refractivity contribution in [2.75, 3.05) is 5.73 Å². The second-order valence-electron chi connectivity index (χ2n) is 5.13. The summed E-state index contributed by atoms with van der Waals surface area (Å²) >= 11 is 6.50. The number of aromatic nitrogens is 2. The number of rotatable bonds is 4.